The number of alkyl carbamates (subject to hydrolysis) is 1. The first-order chi connectivity index (χ1) is 15.0. The maximum absolute atomic E-state index is 12.2. The highest BCUT2D eigenvalue weighted by Crippen LogP contribution is 2.44. The molecule has 1 amide bonds. The second kappa shape index (κ2) is 8.75. The van der Waals surface area contributed by atoms with Crippen LogP contribution in [0, 0.1) is 6.92 Å². The van der Waals surface area contributed by atoms with Gasteiger partial charge in [-0.1, -0.05) is 48.5 Å². The predicted molar refractivity (Wildman–Crippen MR) is 115 cm³/mol. The summed E-state index contributed by atoms with van der Waals surface area (Å²) >= 11 is 0. The summed E-state index contributed by atoms with van der Waals surface area (Å²) in [6, 6.07) is 19.1. The fraction of sp³-hybridized carbons (Fsp3) is 0.250. The van der Waals surface area contributed by atoms with Crippen LogP contribution in [0.4, 0.5) is 4.79 Å². The molecule has 7 heteroatoms. The van der Waals surface area contributed by atoms with Crippen LogP contribution >= 0.6 is 0 Å². The van der Waals surface area contributed by atoms with Crippen LogP contribution in [0.2, 0.25) is 0 Å². The first-order valence-corrected chi connectivity index (χ1v) is 10.1. The van der Waals surface area contributed by atoms with Crippen molar-refractivity contribution in [3.05, 3.63) is 83.2 Å². The van der Waals surface area contributed by atoms with Crippen molar-refractivity contribution in [2.75, 3.05) is 13.2 Å². The number of fused-ring (bicyclic) bond motifs is 3. The van der Waals surface area contributed by atoms with Crippen LogP contribution < -0.4 is 5.32 Å². The van der Waals surface area contributed by atoms with Gasteiger partial charge in [-0.2, -0.15) is 0 Å². The number of aromatic nitrogens is 1. The summed E-state index contributed by atoms with van der Waals surface area (Å²) in [5.41, 5.74) is 5.03. The smallest absolute Gasteiger partial charge is 0.407 e. The Kier molecular flexibility index (Phi) is 5.88. The molecule has 2 aromatic carbocycles. The molecule has 7 nitrogen and oxygen atoms in total. The van der Waals surface area contributed by atoms with E-state index < -0.39 is 18.3 Å². The second-order valence-electron chi connectivity index (χ2n) is 7.58. The number of nitrogens with zero attached hydrogens (tertiary/aromatic N) is 1. The van der Waals surface area contributed by atoms with Crippen LogP contribution in [0.3, 0.4) is 0 Å². The molecule has 0 bridgehead atoms. The van der Waals surface area contributed by atoms with Crippen molar-refractivity contribution in [2.45, 2.75) is 25.0 Å². The number of rotatable bonds is 6. The van der Waals surface area contributed by atoms with E-state index in [0.717, 1.165) is 22.3 Å². The van der Waals surface area contributed by atoms with Gasteiger partial charge >= 0.3 is 6.09 Å². The zero-order valence-electron chi connectivity index (χ0n) is 17.0. The molecule has 0 aliphatic heterocycles. The molecule has 3 aromatic rings. The van der Waals surface area contributed by atoms with E-state index in [-0.39, 0.29) is 30.5 Å². The van der Waals surface area contributed by atoms with Gasteiger partial charge in [-0.3, -0.25) is 4.98 Å². The number of hydrogen-bond acceptors (Lipinski definition) is 6. The van der Waals surface area contributed by atoms with Gasteiger partial charge in [0.25, 0.3) is 0 Å². The number of aryl methyl sites for hydroxylation is 1. The third kappa shape index (κ3) is 4.23. The minimum atomic E-state index is -1.45. The standard InChI is InChI=1S/C24H24N2O5/c1-14-10-11-20(27)22(26-14)23(29)21(28)12-25-24(30)31-13-19-17-8-4-2-6-15(17)16-7-3-5-9-18(16)19/h2-11,19,21,23,27-29H,12-13H2,1H3,(H,25,30). The molecule has 160 valence electrons. The Morgan fingerprint density at radius 3 is 2.29 bits per heavy atom. The third-order valence-corrected chi connectivity index (χ3v) is 5.49. The van der Waals surface area contributed by atoms with Crippen LogP contribution in [0.25, 0.3) is 11.1 Å². The van der Waals surface area contributed by atoms with Crippen LogP contribution in [0.5, 0.6) is 5.75 Å². The summed E-state index contributed by atoms with van der Waals surface area (Å²) in [6.45, 7) is 1.60. The molecule has 1 aliphatic rings. The van der Waals surface area contributed by atoms with Crippen LogP contribution in [-0.2, 0) is 4.74 Å². The number of amides is 1. The normalized spacial score (nSPS) is 14.4. The van der Waals surface area contributed by atoms with Crippen molar-refractivity contribution in [3.63, 3.8) is 0 Å². The lowest BCUT2D eigenvalue weighted by molar-refractivity contribution is 0.0146. The number of carbonyl (C=O) groups is 1. The molecule has 4 N–H and O–H groups in total. The van der Waals surface area contributed by atoms with Crippen molar-refractivity contribution >= 4 is 6.09 Å². The van der Waals surface area contributed by atoms with Gasteiger partial charge in [0, 0.05) is 18.2 Å². The highest BCUT2D eigenvalue weighted by atomic mass is 16.5. The van der Waals surface area contributed by atoms with E-state index in [1.165, 1.54) is 6.07 Å². The molecular weight excluding hydrogens is 396 g/mol. The molecule has 4 rings (SSSR count). The molecule has 1 heterocycles. The van der Waals surface area contributed by atoms with E-state index in [4.69, 9.17) is 4.74 Å². The molecule has 2 atom stereocenters. The molecule has 0 spiro atoms. The summed E-state index contributed by atoms with van der Waals surface area (Å²) in [5.74, 6) is -0.291. The Morgan fingerprint density at radius 2 is 1.65 bits per heavy atom. The number of aromatic hydroxyl groups is 1. The van der Waals surface area contributed by atoms with Gasteiger partial charge in [0.15, 0.2) is 0 Å². The van der Waals surface area contributed by atoms with Crippen molar-refractivity contribution < 1.29 is 24.9 Å². The van der Waals surface area contributed by atoms with Gasteiger partial charge in [0.05, 0.1) is 0 Å². The fourth-order valence-corrected chi connectivity index (χ4v) is 3.92. The average Bonchev–Trinajstić information content (AvgIpc) is 3.11. The maximum atomic E-state index is 12.2. The lowest BCUT2D eigenvalue weighted by Gasteiger charge is -2.19. The summed E-state index contributed by atoms with van der Waals surface area (Å²) in [7, 11) is 0. The first-order valence-electron chi connectivity index (χ1n) is 10.1. The molecule has 2 unspecified atom stereocenters. The highest BCUT2D eigenvalue weighted by molar-refractivity contribution is 5.79. The minimum Gasteiger partial charge on any atom is -0.506 e. The molecule has 0 saturated carbocycles. The van der Waals surface area contributed by atoms with Gasteiger partial charge in [0.2, 0.25) is 0 Å². The third-order valence-electron chi connectivity index (χ3n) is 5.49. The highest BCUT2D eigenvalue weighted by Gasteiger charge is 2.29. The number of aliphatic hydroxyl groups excluding tert-OH is 2. The predicted octanol–water partition coefficient (Wildman–Crippen LogP) is 3.03. The quantitative estimate of drug-likeness (QED) is 0.488. The Hall–Kier alpha value is -3.42. The molecule has 1 aromatic heterocycles. The van der Waals surface area contributed by atoms with Gasteiger partial charge in [-0.25, -0.2) is 4.79 Å². The first kappa shape index (κ1) is 20.8. The lowest BCUT2D eigenvalue weighted by atomic mass is 9.98. The number of pyridine rings is 1. The van der Waals surface area contributed by atoms with Gasteiger partial charge in [0.1, 0.15) is 30.3 Å². The molecule has 0 radical (unpaired) electrons. The van der Waals surface area contributed by atoms with Crippen LogP contribution in [0.1, 0.15) is 34.5 Å². The van der Waals surface area contributed by atoms with Crippen molar-refractivity contribution in [3.8, 4) is 16.9 Å². The summed E-state index contributed by atoms with van der Waals surface area (Å²) in [4.78, 5) is 16.3. The average molecular weight is 420 g/mol. The Balaban J connectivity index is 1.35. The van der Waals surface area contributed by atoms with Crippen molar-refractivity contribution in [2.24, 2.45) is 0 Å². The van der Waals surface area contributed by atoms with Crippen molar-refractivity contribution in [1.82, 2.24) is 10.3 Å². The molecule has 31 heavy (non-hydrogen) atoms. The number of hydrogen-bond donors (Lipinski definition) is 4. The Morgan fingerprint density at radius 1 is 1.03 bits per heavy atom. The SMILES string of the molecule is Cc1ccc(O)c(C(O)C(O)CNC(=O)OCC2c3ccccc3-c3ccccc32)n1. The topological polar surface area (TPSA) is 112 Å². The number of nitrogens with one attached hydrogen (secondary N) is 1. The minimum absolute atomic E-state index is 0.0400. The second-order valence-corrected chi connectivity index (χ2v) is 7.58. The van der Waals surface area contributed by atoms with E-state index in [1.54, 1.807) is 13.0 Å². The zero-order valence-corrected chi connectivity index (χ0v) is 17.0. The number of ether oxygens (including phenoxy) is 1. The number of carbonyl (C=O) groups excluding carboxylic acids is 1. The largest absolute Gasteiger partial charge is 0.506 e. The summed E-state index contributed by atoms with van der Waals surface area (Å²) < 4.78 is 5.41. The molecule has 0 saturated heterocycles. The molecule has 0 fully saturated rings. The Bertz CT molecular complexity index is 1060. The van der Waals surface area contributed by atoms with Crippen LogP contribution in [-0.4, -0.2) is 45.7 Å². The zero-order chi connectivity index (χ0) is 22.0. The number of benzene rings is 2. The van der Waals surface area contributed by atoms with Gasteiger partial charge < -0.3 is 25.4 Å². The molecular formula is C24H24N2O5. The Labute approximate surface area is 180 Å². The van der Waals surface area contributed by atoms with E-state index in [1.807, 2.05) is 36.4 Å². The van der Waals surface area contributed by atoms with Crippen molar-refractivity contribution in [1.29, 1.82) is 0 Å². The molecule has 1 aliphatic carbocycles. The number of aliphatic hydroxyl groups is 2. The van der Waals surface area contributed by atoms with Gasteiger partial charge in [-0.05, 0) is 41.3 Å². The summed E-state index contributed by atoms with van der Waals surface area (Å²) in [6.07, 6.45) is -3.51. The van der Waals surface area contributed by atoms with E-state index in [2.05, 4.69) is 22.4 Å². The fourth-order valence-electron chi connectivity index (χ4n) is 3.92. The van der Waals surface area contributed by atoms with E-state index in [0.29, 0.717) is 5.69 Å². The van der Waals surface area contributed by atoms with E-state index in [9.17, 15) is 20.1 Å². The van der Waals surface area contributed by atoms with Crippen LogP contribution in [0.15, 0.2) is 60.7 Å². The summed E-state index contributed by atoms with van der Waals surface area (Å²) in [5, 5.41) is 32.8. The van der Waals surface area contributed by atoms with E-state index >= 15 is 0 Å². The van der Waals surface area contributed by atoms with Gasteiger partial charge in [-0.15, -0.1) is 0 Å². The lowest BCUT2D eigenvalue weighted by Crippen LogP contribution is -2.36. The monoisotopic (exact) mass is 420 g/mol. The maximum Gasteiger partial charge on any atom is 0.407 e.